The van der Waals surface area contributed by atoms with Crippen LogP contribution >= 0.6 is 0 Å². The first-order valence-electron chi connectivity index (χ1n) is 7.73. The van der Waals surface area contributed by atoms with E-state index in [0.29, 0.717) is 11.8 Å². The van der Waals surface area contributed by atoms with Crippen LogP contribution in [0, 0.1) is 0 Å². The summed E-state index contributed by atoms with van der Waals surface area (Å²) >= 11 is 0. The summed E-state index contributed by atoms with van der Waals surface area (Å²) in [5.74, 6) is -0.363. The van der Waals surface area contributed by atoms with Crippen LogP contribution in [0.4, 0.5) is 13.2 Å². The fraction of sp³-hybridized carbons (Fsp3) is 0.375. The molecule has 0 saturated carbocycles. The molecule has 1 atom stereocenters. The van der Waals surface area contributed by atoms with Crippen LogP contribution in [0.5, 0.6) is 5.75 Å². The highest BCUT2D eigenvalue weighted by molar-refractivity contribution is 7.91. The first kappa shape index (κ1) is 18.4. The summed E-state index contributed by atoms with van der Waals surface area (Å²) in [6.45, 7) is -0.374. The summed E-state index contributed by atoms with van der Waals surface area (Å²) in [6, 6.07) is 6.14. The number of nitrogens with zero attached hydrogens (tertiary/aromatic N) is 1. The number of halogens is 3. The smallest absolute Gasteiger partial charge is 0.433 e. The Morgan fingerprint density at radius 1 is 1.27 bits per heavy atom. The van der Waals surface area contributed by atoms with Gasteiger partial charge in [-0.15, -0.1) is 0 Å². The molecule has 0 bridgehead atoms. The van der Waals surface area contributed by atoms with Crippen LogP contribution in [0.3, 0.4) is 0 Å². The third-order valence-corrected chi connectivity index (χ3v) is 5.69. The molecular weight excluding hydrogens is 373 g/mol. The molecule has 0 unspecified atom stereocenters. The average molecular weight is 388 g/mol. The number of hydrogen-bond acceptors (Lipinski definition) is 5. The lowest BCUT2D eigenvalue weighted by molar-refractivity contribution is -0.141. The quantitative estimate of drug-likeness (QED) is 0.865. The molecule has 0 spiro atoms. The zero-order valence-electron chi connectivity index (χ0n) is 13.4. The van der Waals surface area contributed by atoms with Gasteiger partial charge in [-0.25, -0.2) is 13.4 Å². The van der Waals surface area contributed by atoms with Crippen molar-refractivity contribution in [2.75, 3.05) is 18.1 Å². The molecule has 3 rings (SSSR count). The number of amides is 1. The maximum absolute atomic E-state index is 12.7. The second-order valence-corrected chi connectivity index (χ2v) is 8.23. The van der Waals surface area contributed by atoms with Gasteiger partial charge in [0.15, 0.2) is 16.4 Å². The van der Waals surface area contributed by atoms with Crippen molar-refractivity contribution in [3.63, 3.8) is 0 Å². The van der Waals surface area contributed by atoms with Crippen LogP contribution in [0.2, 0.25) is 0 Å². The largest absolute Gasteiger partial charge is 0.484 e. The van der Waals surface area contributed by atoms with Gasteiger partial charge >= 0.3 is 6.18 Å². The third kappa shape index (κ3) is 4.43. The zero-order valence-corrected chi connectivity index (χ0v) is 14.2. The number of benzene rings is 1. The molecule has 1 aromatic heterocycles. The van der Waals surface area contributed by atoms with Gasteiger partial charge in [0.25, 0.3) is 5.91 Å². The van der Waals surface area contributed by atoms with E-state index in [4.69, 9.17) is 4.74 Å². The number of ether oxygens (including phenoxy) is 1. The van der Waals surface area contributed by atoms with Crippen LogP contribution in [-0.2, 0) is 20.8 Å². The van der Waals surface area contributed by atoms with E-state index in [-0.39, 0.29) is 29.4 Å². The van der Waals surface area contributed by atoms with E-state index in [2.05, 4.69) is 10.3 Å². The SMILES string of the molecule is O=C(COc1ccc2ccc(C(F)(F)F)nc2c1)N[C@@H]1CCS(=O)(=O)C1. The summed E-state index contributed by atoms with van der Waals surface area (Å²) in [5, 5.41) is 3.07. The van der Waals surface area contributed by atoms with Crippen molar-refractivity contribution in [3.05, 3.63) is 36.0 Å². The predicted octanol–water partition coefficient (Wildman–Crippen LogP) is 1.94. The van der Waals surface area contributed by atoms with E-state index in [1.807, 2.05) is 0 Å². The Bertz CT molecular complexity index is 944. The van der Waals surface area contributed by atoms with Gasteiger partial charge in [0.05, 0.1) is 17.0 Å². The summed E-state index contributed by atoms with van der Waals surface area (Å²) < 4.78 is 66.2. The molecule has 1 aromatic carbocycles. The highest BCUT2D eigenvalue weighted by Crippen LogP contribution is 2.29. The molecule has 26 heavy (non-hydrogen) atoms. The Labute approximate surface area is 147 Å². The van der Waals surface area contributed by atoms with E-state index in [9.17, 15) is 26.4 Å². The maximum atomic E-state index is 12.7. The molecule has 1 aliphatic rings. The second kappa shape index (κ2) is 6.75. The Kier molecular flexibility index (Phi) is 4.78. The van der Waals surface area contributed by atoms with Crippen molar-refractivity contribution >= 4 is 26.6 Å². The van der Waals surface area contributed by atoms with Crippen molar-refractivity contribution < 1.29 is 31.1 Å². The monoisotopic (exact) mass is 388 g/mol. The average Bonchev–Trinajstić information content (AvgIpc) is 2.90. The first-order valence-corrected chi connectivity index (χ1v) is 9.55. The van der Waals surface area contributed by atoms with E-state index >= 15 is 0 Å². The number of alkyl halides is 3. The van der Waals surface area contributed by atoms with Gasteiger partial charge in [0, 0.05) is 17.5 Å². The fourth-order valence-electron chi connectivity index (χ4n) is 2.67. The Morgan fingerprint density at radius 3 is 2.65 bits per heavy atom. The summed E-state index contributed by atoms with van der Waals surface area (Å²) in [5.41, 5.74) is -0.915. The van der Waals surface area contributed by atoms with Gasteiger partial charge in [0.2, 0.25) is 0 Å². The first-order chi connectivity index (χ1) is 12.1. The van der Waals surface area contributed by atoms with Crippen LogP contribution in [0.25, 0.3) is 10.9 Å². The maximum Gasteiger partial charge on any atom is 0.433 e. The molecule has 10 heteroatoms. The Morgan fingerprint density at radius 2 is 2.00 bits per heavy atom. The molecule has 0 radical (unpaired) electrons. The molecule has 1 amide bonds. The molecule has 6 nitrogen and oxygen atoms in total. The number of hydrogen-bond donors (Lipinski definition) is 1. The lowest BCUT2D eigenvalue weighted by atomic mass is 10.2. The summed E-state index contributed by atoms with van der Waals surface area (Å²) in [7, 11) is -3.10. The van der Waals surface area contributed by atoms with Crippen LogP contribution in [-0.4, -0.2) is 43.5 Å². The van der Waals surface area contributed by atoms with Gasteiger partial charge in [-0.3, -0.25) is 4.79 Å². The number of carbonyl (C=O) groups excluding carboxylic acids is 1. The number of fused-ring (bicyclic) bond motifs is 1. The second-order valence-electron chi connectivity index (χ2n) is 6.00. The number of sulfone groups is 1. The van der Waals surface area contributed by atoms with Gasteiger partial charge < -0.3 is 10.1 Å². The fourth-order valence-corrected chi connectivity index (χ4v) is 4.35. The van der Waals surface area contributed by atoms with E-state index in [1.165, 1.54) is 18.2 Å². The van der Waals surface area contributed by atoms with Crippen LogP contribution in [0.1, 0.15) is 12.1 Å². The minimum Gasteiger partial charge on any atom is -0.484 e. The number of rotatable bonds is 4. The minimum absolute atomic E-state index is 0.0384. The molecule has 1 saturated heterocycles. The van der Waals surface area contributed by atoms with Crippen molar-refractivity contribution in [2.45, 2.75) is 18.6 Å². The lowest BCUT2D eigenvalue weighted by Gasteiger charge is -2.12. The number of carbonyl (C=O) groups is 1. The molecule has 1 fully saturated rings. The van der Waals surface area contributed by atoms with Gasteiger partial charge in [-0.2, -0.15) is 13.2 Å². The van der Waals surface area contributed by atoms with Crippen molar-refractivity contribution in [3.8, 4) is 5.75 Å². The van der Waals surface area contributed by atoms with Gasteiger partial charge in [-0.05, 0) is 24.6 Å². The molecule has 1 aliphatic heterocycles. The Hall–Kier alpha value is -2.36. The standard InChI is InChI=1S/C16H15F3N2O4S/c17-16(18,19)14-4-2-10-1-3-12(7-13(10)21-14)25-8-15(22)20-11-5-6-26(23,24)9-11/h1-4,7,11H,5-6,8-9H2,(H,20,22)/t11-/m1/s1. The number of pyridine rings is 1. The Balaban J connectivity index is 1.64. The topological polar surface area (TPSA) is 85.4 Å². The highest BCUT2D eigenvalue weighted by Gasteiger charge is 2.32. The van der Waals surface area contributed by atoms with Crippen molar-refractivity contribution in [1.29, 1.82) is 0 Å². The normalized spacial score (nSPS) is 19.4. The molecule has 1 N–H and O–H groups in total. The van der Waals surface area contributed by atoms with E-state index in [0.717, 1.165) is 6.07 Å². The molecule has 0 aliphatic carbocycles. The summed E-state index contributed by atoms with van der Waals surface area (Å²) in [4.78, 5) is 15.4. The molecule has 2 aromatic rings. The third-order valence-electron chi connectivity index (χ3n) is 3.92. The lowest BCUT2D eigenvalue weighted by Crippen LogP contribution is -2.38. The van der Waals surface area contributed by atoms with E-state index < -0.39 is 33.7 Å². The number of nitrogens with one attached hydrogen (secondary N) is 1. The van der Waals surface area contributed by atoms with Crippen LogP contribution < -0.4 is 10.1 Å². The van der Waals surface area contributed by atoms with Crippen molar-refractivity contribution in [2.24, 2.45) is 0 Å². The van der Waals surface area contributed by atoms with E-state index in [1.54, 1.807) is 6.07 Å². The zero-order chi connectivity index (χ0) is 18.9. The van der Waals surface area contributed by atoms with Gasteiger partial charge in [-0.1, -0.05) is 6.07 Å². The molecule has 2 heterocycles. The minimum atomic E-state index is -4.55. The predicted molar refractivity (Wildman–Crippen MR) is 87.4 cm³/mol. The van der Waals surface area contributed by atoms with Gasteiger partial charge in [0.1, 0.15) is 11.4 Å². The summed E-state index contributed by atoms with van der Waals surface area (Å²) in [6.07, 6.45) is -4.19. The van der Waals surface area contributed by atoms with Crippen molar-refractivity contribution in [1.82, 2.24) is 10.3 Å². The highest BCUT2D eigenvalue weighted by atomic mass is 32.2. The molecular formula is C16H15F3N2O4S. The molecule has 140 valence electrons. The number of aromatic nitrogens is 1. The van der Waals surface area contributed by atoms with Crippen LogP contribution in [0.15, 0.2) is 30.3 Å².